The molecule has 7 heteroatoms. The Morgan fingerprint density at radius 2 is 2.17 bits per heavy atom. The molecule has 4 N–H and O–H groups in total. The average molecular weight is 270 g/mol. The van der Waals surface area contributed by atoms with Crippen LogP contribution in [-0.2, 0) is 11.3 Å². The molecule has 0 saturated carbocycles. The van der Waals surface area contributed by atoms with Gasteiger partial charge in [0.15, 0.2) is 0 Å². The van der Waals surface area contributed by atoms with Crippen LogP contribution in [0.5, 0.6) is 0 Å². The quantitative estimate of drug-likeness (QED) is 0.383. The summed E-state index contributed by atoms with van der Waals surface area (Å²) in [4.78, 5) is 26.2. The fourth-order valence-electron chi connectivity index (χ4n) is 1.44. The third kappa shape index (κ3) is 4.10. The van der Waals surface area contributed by atoms with Crippen molar-refractivity contribution >= 4 is 23.2 Å². The monoisotopic (exact) mass is 270 g/mol. The molecule has 18 heavy (non-hydrogen) atoms. The highest BCUT2D eigenvalue weighted by Crippen LogP contribution is 2.18. The van der Waals surface area contributed by atoms with E-state index in [-0.39, 0.29) is 11.8 Å². The molecule has 0 atom stereocenters. The number of nitrogens with one attached hydrogen (secondary N) is 2. The van der Waals surface area contributed by atoms with Gasteiger partial charge in [0.05, 0.1) is 11.4 Å². The maximum absolute atomic E-state index is 11.3. The molecule has 0 bridgehead atoms. The third-order valence-corrected chi connectivity index (χ3v) is 3.56. The molecule has 1 rings (SSSR count). The number of nitrogens with zero attached hydrogens (tertiary/aromatic N) is 1. The van der Waals surface area contributed by atoms with Gasteiger partial charge < -0.3 is 5.32 Å². The Hall–Kier alpha value is -1.44. The lowest BCUT2D eigenvalue weighted by molar-refractivity contribution is -0.121. The van der Waals surface area contributed by atoms with Crippen LogP contribution in [0.3, 0.4) is 0 Å². The Morgan fingerprint density at radius 3 is 2.72 bits per heavy atom. The fourth-order valence-corrected chi connectivity index (χ4v) is 2.39. The van der Waals surface area contributed by atoms with Crippen LogP contribution in [0.15, 0.2) is 12.1 Å². The third-order valence-electron chi connectivity index (χ3n) is 2.49. The van der Waals surface area contributed by atoms with E-state index in [1.807, 2.05) is 17.9 Å². The second-order valence-corrected chi connectivity index (χ2v) is 4.88. The molecule has 6 nitrogen and oxygen atoms in total. The first-order valence-corrected chi connectivity index (χ1v) is 6.45. The molecule has 0 radical (unpaired) electrons. The maximum Gasteiger partial charge on any atom is 0.275 e. The molecule has 0 spiro atoms. The van der Waals surface area contributed by atoms with Crippen LogP contribution in [-0.4, -0.2) is 36.9 Å². The zero-order valence-electron chi connectivity index (χ0n) is 10.5. The van der Waals surface area contributed by atoms with E-state index in [1.54, 1.807) is 13.1 Å². The molecule has 0 aliphatic rings. The van der Waals surface area contributed by atoms with Crippen molar-refractivity contribution in [2.75, 3.05) is 20.1 Å². The number of nitrogen functional groups attached to an aromatic ring is 1. The van der Waals surface area contributed by atoms with Gasteiger partial charge in [0.25, 0.3) is 5.91 Å². The fraction of sp³-hybridized carbons (Fsp3) is 0.455. The average Bonchev–Trinajstić information content (AvgIpc) is 2.85. The van der Waals surface area contributed by atoms with E-state index in [0.717, 1.165) is 11.4 Å². The van der Waals surface area contributed by atoms with E-state index in [0.29, 0.717) is 18.0 Å². The predicted molar refractivity (Wildman–Crippen MR) is 71.0 cm³/mol. The zero-order chi connectivity index (χ0) is 13.5. The molecular weight excluding hydrogens is 252 g/mol. The summed E-state index contributed by atoms with van der Waals surface area (Å²) in [6.45, 7) is 3.75. The Labute approximate surface area is 110 Å². The van der Waals surface area contributed by atoms with Crippen LogP contribution in [0.4, 0.5) is 0 Å². The van der Waals surface area contributed by atoms with Crippen molar-refractivity contribution in [3.8, 4) is 0 Å². The number of amides is 2. The standard InChI is InChI=1S/C11H18N4O2S/c1-3-15(7-10(16)13-2)6-8-4-5-9(18-8)11(17)14-12/h4-5H,3,6-7,12H2,1-2H3,(H,13,16)(H,14,17). The summed E-state index contributed by atoms with van der Waals surface area (Å²) < 4.78 is 0. The van der Waals surface area contributed by atoms with Crippen LogP contribution >= 0.6 is 11.3 Å². The highest BCUT2D eigenvalue weighted by atomic mass is 32.1. The lowest BCUT2D eigenvalue weighted by atomic mass is 10.3. The van der Waals surface area contributed by atoms with Gasteiger partial charge in [-0.05, 0) is 18.7 Å². The SMILES string of the molecule is CCN(CC(=O)NC)Cc1ccc(C(=O)NN)s1. The van der Waals surface area contributed by atoms with Crippen molar-refractivity contribution < 1.29 is 9.59 Å². The highest BCUT2D eigenvalue weighted by molar-refractivity contribution is 7.14. The summed E-state index contributed by atoms with van der Waals surface area (Å²) in [5, 5.41) is 2.59. The summed E-state index contributed by atoms with van der Waals surface area (Å²) in [5.41, 5.74) is 2.10. The Morgan fingerprint density at radius 1 is 1.44 bits per heavy atom. The number of likely N-dealkylation sites (N-methyl/N-ethyl adjacent to an activating group) is 2. The molecule has 1 aromatic heterocycles. The number of hydrazine groups is 1. The van der Waals surface area contributed by atoms with Crippen LogP contribution in [0.25, 0.3) is 0 Å². The van der Waals surface area contributed by atoms with Gasteiger partial charge in [-0.1, -0.05) is 6.92 Å². The molecular formula is C11H18N4O2S. The van der Waals surface area contributed by atoms with Crippen molar-refractivity contribution in [3.05, 3.63) is 21.9 Å². The Kier molecular flexibility index (Phi) is 5.76. The van der Waals surface area contributed by atoms with E-state index in [2.05, 4.69) is 10.7 Å². The highest BCUT2D eigenvalue weighted by Gasteiger charge is 2.12. The summed E-state index contributed by atoms with van der Waals surface area (Å²) in [6, 6.07) is 3.61. The maximum atomic E-state index is 11.3. The topological polar surface area (TPSA) is 87.5 Å². The smallest absolute Gasteiger partial charge is 0.275 e. The molecule has 0 saturated heterocycles. The van der Waals surface area contributed by atoms with Gasteiger partial charge in [0.2, 0.25) is 5.91 Å². The molecule has 0 aliphatic carbocycles. The Balaban J connectivity index is 2.62. The van der Waals surface area contributed by atoms with Crippen molar-refractivity contribution in [1.82, 2.24) is 15.6 Å². The van der Waals surface area contributed by atoms with Crippen LogP contribution in [0, 0.1) is 0 Å². The van der Waals surface area contributed by atoms with Gasteiger partial charge in [0, 0.05) is 18.5 Å². The minimum Gasteiger partial charge on any atom is -0.358 e. The Bertz CT molecular complexity index is 419. The summed E-state index contributed by atoms with van der Waals surface area (Å²) >= 11 is 1.38. The number of carbonyl (C=O) groups excluding carboxylic acids is 2. The number of nitrogens with two attached hydrogens (primary N) is 1. The molecule has 0 fully saturated rings. The second-order valence-electron chi connectivity index (χ2n) is 3.72. The molecule has 0 aliphatic heterocycles. The van der Waals surface area contributed by atoms with Crippen LogP contribution < -0.4 is 16.6 Å². The molecule has 1 aromatic rings. The van der Waals surface area contributed by atoms with Gasteiger partial charge >= 0.3 is 0 Å². The summed E-state index contributed by atoms with van der Waals surface area (Å²) in [5.74, 6) is 4.76. The van der Waals surface area contributed by atoms with Crippen LogP contribution in [0.2, 0.25) is 0 Å². The predicted octanol–water partition coefficient (Wildman–Crippen LogP) is -0.0805. The number of rotatable bonds is 6. The van der Waals surface area contributed by atoms with E-state index in [1.165, 1.54) is 11.3 Å². The second kappa shape index (κ2) is 7.10. The first-order chi connectivity index (χ1) is 8.60. The van der Waals surface area contributed by atoms with E-state index < -0.39 is 0 Å². The first kappa shape index (κ1) is 14.6. The van der Waals surface area contributed by atoms with E-state index in [9.17, 15) is 9.59 Å². The minimum absolute atomic E-state index is 0.0201. The number of hydrogen-bond donors (Lipinski definition) is 3. The van der Waals surface area contributed by atoms with Gasteiger partial charge in [-0.15, -0.1) is 11.3 Å². The van der Waals surface area contributed by atoms with Crippen molar-refractivity contribution in [2.24, 2.45) is 5.84 Å². The summed E-state index contributed by atoms with van der Waals surface area (Å²) in [6.07, 6.45) is 0. The number of hydrogen-bond acceptors (Lipinski definition) is 5. The van der Waals surface area contributed by atoms with Crippen molar-refractivity contribution in [3.63, 3.8) is 0 Å². The largest absolute Gasteiger partial charge is 0.358 e. The van der Waals surface area contributed by atoms with Crippen molar-refractivity contribution in [1.29, 1.82) is 0 Å². The molecule has 1 heterocycles. The lowest BCUT2D eigenvalue weighted by Gasteiger charge is -2.18. The van der Waals surface area contributed by atoms with Gasteiger partial charge in [0.1, 0.15) is 0 Å². The minimum atomic E-state index is -0.291. The van der Waals surface area contributed by atoms with Gasteiger partial charge in [-0.3, -0.25) is 19.9 Å². The number of carbonyl (C=O) groups is 2. The molecule has 2 amide bonds. The normalized spacial score (nSPS) is 10.4. The number of thiophene rings is 1. The lowest BCUT2D eigenvalue weighted by Crippen LogP contribution is -2.34. The van der Waals surface area contributed by atoms with E-state index in [4.69, 9.17) is 5.84 Å². The molecule has 0 aromatic carbocycles. The molecule has 0 unspecified atom stereocenters. The van der Waals surface area contributed by atoms with Gasteiger partial charge in [-0.25, -0.2) is 5.84 Å². The first-order valence-electron chi connectivity index (χ1n) is 5.63. The van der Waals surface area contributed by atoms with Gasteiger partial charge in [-0.2, -0.15) is 0 Å². The van der Waals surface area contributed by atoms with Crippen molar-refractivity contribution in [2.45, 2.75) is 13.5 Å². The summed E-state index contributed by atoms with van der Waals surface area (Å²) in [7, 11) is 1.62. The van der Waals surface area contributed by atoms with Crippen LogP contribution in [0.1, 0.15) is 21.5 Å². The molecule has 100 valence electrons. The van der Waals surface area contributed by atoms with E-state index >= 15 is 0 Å². The zero-order valence-corrected chi connectivity index (χ0v) is 11.3.